The average molecular weight is 460 g/mol. The van der Waals surface area contributed by atoms with Crippen LogP contribution in [0.4, 0.5) is 5.69 Å². The summed E-state index contributed by atoms with van der Waals surface area (Å²) in [5, 5.41) is 10.3. The normalized spacial score (nSPS) is 13.1. The van der Waals surface area contributed by atoms with E-state index in [1.54, 1.807) is 0 Å². The van der Waals surface area contributed by atoms with Gasteiger partial charge in [0.15, 0.2) is 6.21 Å². The lowest BCUT2D eigenvalue weighted by Crippen LogP contribution is -2.07. The van der Waals surface area contributed by atoms with Crippen LogP contribution >= 0.6 is 0 Å². The van der Waals surface area contributed by atoms with Gasteiger partial charge in [-0.1, -0.05) is 84.9 Å². The Kier molecular flexibility index (Phi) is 4.03. The Labute approximate surface area is 209 Å². The van der Waals surface area contributed by atoms with E-state index in [4.69, 9.17) is 0 Å². The molecule has 0 saturated carbocycles. The van der Waals surface area contributed by atoms with Gasteiger partial charge in [0, 0.05) is 5.56 Å². The molecule has 1 aromatic heterocycles. The summed E-state index contributed by atoms with van der Waals surface area (Å²) in [5.74, 6) is 0. The van der Waals surface area contributed by atoms with Crippen LogP contribution in [0.3, 0.4) is 0 Å². The van der Waals surface area contributed by atoms with Crippen molar-refractivity contribution in [3.63, 3.8) is 0 Å². The van der Waals surface area contributed by atoms with Gasteiger partial charge in [-0.05, 0) is 68.7 Å². The van der Waals surface area contributed by atoms with Gasteiger partial charge in [0.05, 0.1) is 16.5 Å². The van der Waals surface area contributed by atoms with E-state index in [9.17, 15) is 0 Å². The van der Waals surface area contributed by atoms with E-state index in [2.05, 4.69) is 137 Å². The van der Waals surface area contributed by atoms with Crippen LogP contribution in [-0.4, -0.2) is 15.4 Å². The number of aromatic nitrogens is 1. The second-order valence-electron chi connectivity index (χ2n) is 9.67. The number of hydrogen-bond donors (Lipinski definition) is 0. The summed E-state index contributed by atoms with van der Waals surface area (Å²) < 4.78 is 4.89. The molecule has 0 radical (unpaired) electrons. The van der Waals surface area contributed by atoms with Gasteiger partial charge in [-0.2, -0.15) is 4.58 Å². The first-order chi connectivity index (χ1) is 17.8. The van der Waals surface area contributed by atoms with E-state index in [1.165, 1.54) is 65.7 Å². The zero-order valence-corrected chi connectivity index (χ0v) is 19.7. The Balaban J connectivity index is 1.36. The molecule has 2 heteroatoms. The van der Waals surface area contributed by atoms with E-state index in [1.807, 2.05) is 0 Å². The van der Waals surface area contributed by atoms with Crippen molar-refractivity contribution in [2.45, 2.75) is 6.67 Å². The highest BCUT2D eigenvalue weighted by Gasteiger charge is 2.28. The van der Waals surface area contributed by atoms with E-state index in [-0.39, 0.29) is 0 Å². The van der Waals surface area contributed by atoms with Gasteiger partial charge in [-0.15, -0.1) is 0 Å². The molecule has 0 atom stereocenters. The van der Waals surface area contributed by atoms with Crippen molar-refractivity contribution in [3.05, 3.63) is 127 Å². The topological polar surface area (TPSA) is 7.94 Å². The highest BCUT2D eigenvalue weighted by atomic mass is 15.2. The van der Waals surface area contributed by atoms with Crippen molar-refractivity contribution in [2.75, 3.05) is 0 Å². The van der Waals surface area contributed by atoms with E-state index in [0.29, 0.717) is 0 Å². The molecule has 0 spiro atoms. The van der Waals surface area contributed by atoms with Crippen LogP contribution in [0.25, 0.3) is 54.3 Å². The third-order valence-electron chi connectivity index (χ3n) is 7.65. The zero-order valence-electron chi connectivity index (χ0n) is 19.7. The highest BCUT2D eigenvalue weighted by Crippen LogP contribution is 2.40. The molecule has 1 aliphatic rings. The van der Waals surface area contributed by atoms with Crippen LogP contribution in [0, 0.1) is 0 Å². The summed E-state index contributed by atoms with van der Waals surface area (Å²) in [4.78, 5) is 0. The molecule has 2 nitrogen and oxygen atoms in total. The number of hydrogen-bond acceptors (Lipinski definition) is 0. The van der Waals surface area contributed by atoms with Gasteiger partial charge in [-0.25, -0.2) is 0 Å². The Morgan fingerprint density at radius 3 is 1.53 bits per heavy atom. The molecule has 0 fully saturated rings. The first-order valence-electron chi connectivity index (χ1n) is 12.5. The van der Waals surface area contributed by atoms with Crippen molar-refractivity contribution in [3.8, 4) is 11.3 Å². The molecule has 0 unspecified atom stereocenters. The minimum absolute atomic E-state index is 0.785. The molecule has 0 amide bonds. The van der Waals surface area contributed by atoms with Gasteiger partial charge < -0.3 is 0 Å². The summed E-state index contributed by atoms with van der Waals surface area (Å²) in [5.41, 5.74) is 5.09. The predicted molar refractivity (Wildman–Crippen MR) is 151 cm³/mol. The molecule has 6 aromatic carbocycles. The number of rotatable bonds is 2. The third kappa shape index (κ3) is 2.76. The Morgan fingerprint density at radius 2 is 0.972 bits per heavy atom. The van der Waals surface area contributed by atoms with E-state index in [0.717, 1.165) is 6.67 Å². The van der Waals surface area contributed by atoms with Crippen molar-refractivity contribution in [1.82, 2.24) is 4.57 Å². The maximum Gasteiger partial charge on any atom is 0.229 e. The van der Waals surface area contributed by atoms with Crippen molar-refractivity contribution in [1.29, 1.82) is 0 Å². The lowest BCUT2D eigenvalue weighted by Gasteiger charge is -2.13. The second-order valence-corrected chi connectivity index (χ2v) is 9.67. The predicted octanol–water partition coefficient (Wildman–Crippen LogP) is 8.50. The minimum Gasteiger partial charge on any atom is -0.279 e. The maximum atomic E-state index is 2.46. The fourth-order valence-electron chi connectivity index (χ4n) is 6.05. The maximum absolute atomic E-state index is 2.46. The summed E-state index contributed by atoms with van der Waals surface area (Å²) in [6.07, 6.45) is 2.31. The molecule has 0 bridgehead atoms. The van der Waals surface area contributed by atoms with Gasteiger partial charge in [0.2, 0.25) is 12.4 Å². The first-order valence-corrected chi connectivity index (χ1v) is 12.5. The summed E-state index contributed by atoms with van der Waals surface area (Å²) in [6, 6.07) is 44.1. The van der Waals surface area contributed by atoms with Crippen LogP contribution < -0.4 is 0 Å². The van der Waals surface area contributed by atoms with Crippen LogP contribution in [-0.2, 0) is 6.67 Å². The van der Waals surface area contributed by atoms with Gasteiger partial charge in [0.25, 0.3) is 0 Å². The Morgan fingerprint density at radius 1 is 0.500 bits per heavy atom. The fourth-order valence-corrected chi connectivity index (χ4v) is 6.05. The number of benzene rings is 6. The Bertz CT molecular complexity index is 1920. The smallest absolute Gasteiger partial charge is 0.229 e. The van der Waals surface area contributed by atoms with E-state index < -0.39 is 0 Å². The molecule has 36 heavy (non-hydrogen) atoms. The molecule has 8 rings (SSSR count). The molecule has 0 aliphatic carbocycles. The summed E-state index contributed by atoms with van der Waals surface area (Å²) in [7, 11) is 0. The largest absolute Gasteiger partial charge is 0.279 e. The quantitative estimate of drug-likeness (QED) is 0.181. The molecule has 168 valence electrons. The Hall–Kier alpha value is -4.69. The standard InChI is InChI=1S/C34H23N2/c1-5-13-28-23(9-1)19-24-10-2-6-14-29(24)33(28)32-18-17-27-21-35(22-36(27)32)34-30-15-7-3-11-25(30)20-26-12-4-8-16-31(26)34/h1-21H,22H2/q+1. The second kappa shape index (κ2) is 7.40. The number of fused-ring (bicyclic) bond motifs is 5. The molecule has 0 N–H and O–H groups in total. The fraction of sp³-hybridized carbons (Fsp3) is 0.0294. The van der Waals surface area contributed by atoms with Crippen molar-refractivity contribution < 1.29 is 4.58 Å². The SMILES string of the molecule is C1=[N+](c2c3ccccc3cc3ccccc23)Cn2c1ccc2-c1c2ccccc2cc2ccccc12. The van der Waals surface area contributed by atoms with Gasteiger partial charge in [0.1, 0.15) is 5.69 Å². The zero-order chi connectivity index (χ0) is 23.6. The van der Waals surface area contributed by atoms with Crippen molar-refractivity contribution >= 4 is 55.0 Å². The van der Waals surface area contributed by atoms with E-state index >= 15 is 0 Å². The van der Waals surface area contributed by atoms with Crippen molar-refractivity contribution in [2.24, 2.45) is 0 Å². The van der Waals surface area contributed by atoms with Gasteiger partial charge in [-0.3, -0.25) is 4.57 Å². The average Bonchev–Trinajstić information content (AvgIpc) is 3.51. The van der Waals surface area contributed by atoms with Crippen LogP contribution in [0.1, 0.15) is 5.69 Å². The molecule has 2 heterocycles. The van der Waals surface area contributed by atoms with Gasteiger partial charge >= 0.3 is 0 Å². The van der Waals surface area contributed by atoms with Crippen LogP contribution in [0.15, 0.2) is 121 Å². The van der Waals surface area contributed by atoms with Crippen LogP contribution in [0.5, 0.6) is 0 Å². The number of nitrogens with zero attached hydrogens (tertiary/aromatic N) is 2. The molecule has 7 aromatic rings. The highest BCUT2D eigenvalue weighted by molar-refractivity contribution is 6.13. The first kappa shape index (κ1) is 19.6. The molecular formula is C34H23N2+. The van der Waals surface area contributed by atoms with Crippen LogP contribution in [0.2, 0.25) is 0 Å². The third-order valence-corrected chi connectivity index (χ3v) is 7.65. The minimum atomic E-state index is 0.785. The molecule has 1 aliphatic heterocycles. The molecule has 0 saturated heterocycles. The summed E-state index contributed by atoms with van der Waals surface area (Å²) >= 11 is 0. The lowest BCUT2D eigenvalue weighted by atomic mass is 9.95. The summed E-state index contributed by atoms with van der Waals surface area (Å²) in [6.45, 7) is 0.785. The lowest BCUT2D eigenvalue weighted by molar-refractivity contribution is -0.460. The monoisotopic (exact) mass is 459 g/mol. The molecular weight excluding hydrogens is 436 g/mol.